The van der Waals surface area contributed by atoms with Crippen molar-refractivity contribution in [3.8, 4) is 0 Å². The second kappa shape index (κ2) is 6.30. The van der Waals surface area contributed by atoms with Gasteiger partial charge in [-0.05, 0) is 18.9 Å². The molecule has 0 spiro atoms. The summed E-state index contributed by atoms with van der Waals surface area (Å²) in [5, 5.41) is 12.4. The van der Waals surface area contributed by atoms with E-state index in [0.29, 0.717) is 5.36 Å². The zero-order valence-electron chi connectivity index (χ0n) is 9.85. The molecule has 0 atom stereocenters. The van der Waals surface area contributed by atoms with Gasteiger partial charge in [-0.1, -0.05) is 25.4 Å². The molecule has 1 heterocycles. The molecule has 94 valence electrons. The smallest absolute Gasteiger partial charge is 0.341 e. The molecule has 0 bridgehead atoms. The molecule has 6 heteroatoms. The first-order chi connectivity index (χ1) is 8.06. The summed E-state index contributed by atoms with van der Waals surface area (Å²) in [6.45, 7) is 4.00. The van der Waals surface area contributed by atoms with Gasteiger partial charge < -0.3 is 10.5 Å². The van der Waals surface area contributed by atoms with E-state index in [2.05, 4.69) is 10.3 Å². The lowest BCUT2D eigenvalue weighted by atomic mass is 10.2. The lowest BCUT2D eigenvalue weighted by Crippen LogP contribution is -2.32. The number of rotatable bonds is 3. The minimum absolute atomic E-state index is 0.0987. The van der Waals surface area contributed by atoms with Crippen LogP contribution in [0.3, 0.4) is 0 Å². The van der Waals surface area contributed by atoms with Crippen molar-refractivity contribution < 1.29 is 10.0 Å². The van der Waals surface area contributed by atoms with Crippen molar-refractivity contribution in [3.63, 3.8) is 0 Å². The number of hydrogen-bond donors (Lipinski definition) is 2. The maximum absolute atomic E-state index is 11.5. The Bertz CT molecular complexity index is 452. The monoisotopic (exact) mass is 257 g/mol. The molecule has 0 aliphatic rings. The lowest BCUT2D eigenvalue weighted by molar-refractivity contribution is 0.185. The van der Waals surface area contributed by atoms with E-state index in [1.54, 1.807) is 0 Å². The van der Waals surface area contributed by atoms with Gasteiger partial charge >= 0.3 is 6.03 Å². The Morgan fingerprint density at radius 1 is 1.59 bits per heavy atom. The summed E-state index contributed by atoms with van der Waals surface area (Å²) < 4.78 is 0.749. The van der Waals surface area contributed by atoms with Crippen LogP contribution in [0.15, 0.2) is 23.3 Å². The Kier molecular flexibility index (Phi) is 5.03. The van der Waals surface area contributed by atoms with Gasteiger partial charge in [0.1, 0.15) is 5.15 Å². The van der Waals surface area contributed by atoms with Gasteiger partial charge in [0.2, 0.25) is 0 Å². The van der Waals surface area contributed by atoms with E-state index in [0.717, 1.165) is 17.6 Å². The van der Waals surface area contributed by atoms with Gasteiger partial charge in [0.25, 0.3) is 0 Å². The molecule has 0 unspecified atom stereocenters. The summed E-state index contributed by atoms with van der Waals surface area (Å²) in [5.74, 6) is 0. The Balaban J connectivity index is 2.80. The third-order valence-corrected chi connectivity index (χ3v) is 2.70. The molecule has 0 aliphatic carbocycles. The van der Waals surface area contributed by atoms with Crippen molar-refractivity contribution in [2.24, 2.45) is 4.99 Å². The summed E-state index contributed by atoms with van der Waals surface area (Å²) >= 11 is 5.68. The van der Waals surface area contributed by atoms with Crippen molar-refractivity contribution in [1.29, 1.82) is 0 Å². The van der Waals surface area contributed by atoms with E-state index in [1.807, 2.05) is 13.8 Å². The van der Waals surface area contributed by atoms with E-state index >= 15 is 0 Å². The highest BCUT2D eigenvalue weighted by Crippen LogP contribution is 2.01. The van der Waals surface area contributed by atoms with Crippen LogP contribution in [0.5, 0.6) is 0 Å². The fourth-order valence-corrected chi connectivity index (χ4v) is 1.51. The van der Waals surface area contributed by atoms with E-state index < -0.39 is 6.03 Å². The van der Waals surface area contributed by atoms with Gasteiger partial charge in [0, 0.05) is 18.3 Å². The molecule has 0 aliphatic heterocycles. The number of hydrogen-bond acceptors (Lipinski definition) is 2. The van der Waals surface area contributed by atoms with Crippen molar-refractivity contribution in [2.75, 3.05) is 0 Å². The fraction of sp³-hybridized carbons (Fsp3) is 0.455. The molecular formula is C11H16ClN3O2. The third-order valence-electron chi connectivity index (χ3n) is 2.42. The average molecular weight is 258 g/mol. The van der Waals surface area contributed by atoms with E-state index in [9.17, 15) is 4.79 Å². The predicted octanol–water partition coefficient (Wildman–Crippen LogP) is 2.18. The number of carbonyl (C=O) groups excluding carboxylic acids is 1. The largest absolute Gasteiger partial charge is 0.428 e. The van der Waals surface area contributed by atoms with Crippen LogP contribution in [0.25, 0.3) is 0 Å². The zero-order valence-corrected chi connectivity index (χ0v) is 10.6. The predicted molar refractivity (Wildman–Crippen MR) is 65.1 cm³/mol. The molecule has 1 rings (SSSR count). The first-order valence-electron chi connectivity index (χ1n) is 5.49. The molecule has 0 aromatic carbocycles. The first-order valence-corrected chi connectivity index (χ1v) is 5.87. The number of amides is 2. The zero-order chi connectivity index (χ0) is 12.8. The maximum Gasteiger partial charge on any atom is 0.341 e. The normalized spacial score (nSPS) is 11.9. The number of pyridine rings is 1. The van der Waals surface area contributed by atoms with Gasteiger partial charge in [-0.25, -0.2) is 4.79 Å². The van der Waals surface area contributed by atoms with Crippen molar-refractivity contribution in [3.05, 3.63) is 28.8 Å². The van der Waals surface area contributed by atoms with Gasteiger partial charge in [-0.2, -0.15) is 9.72 Å². The van der Waals surface area contributed by atoms with Crippen LogP contribution in [0, 0.1) is 0 Å². The second-order valence-corrected chi connectivity index (χ2v) is 4.01. The number of urea groups is 1. The summed E-state index contributed by atoms with van der Waals surface area (Å²) in [4.78, 5) is 15.4. The summed E-state index contributed by atoms with van der Waals surface area (Å²) in [6, 6.07) is 2.64. The van der Waals surface area contributed by atoms with E-state index in [-0.39, 0.29) is 11.2 Å². The van der Waals surface area contributed by atoms with Crippen LogP contribution < -0.4 is 10.7 Å². The average Bonchev–Trinajstić information content (AvgIpc) is 2.31. The summed E-state index contributed by atoms with van der Waals surface area (Å²) in [6.07, 6.45) is 3.06. The van der Waals surface area contributed by atoms with Crippen LogP contribution in [0.1, 0.15) is 26.7 Å². The molecule has 0 saturated heterocycles. The third kappa shape index (κ3) is 4.11. The van der Waals surface area contributed by atoms with Crippen molar-refractivity contribution in [1.82, 2.24) is 10.0 Å². The minimum atomic E-state index is -0.398. The number of aromatic nitrogens is 1. The van der Waals surface area contributed by atoms with Crippen LogP contribution in [-0.4, -0.2) is 22.0 Å². The Morgan fingerprint density at radius 2 is 2.24 bits per heavy atom. The lowest BCUT2D eigenvalue weighted by Gasteiger charge is -2.11. The standard InChI is InChI=1S/C11H16ClN3O2/c1-3-8(4-2)13-11(16)14-9-5-6-15(17)10(12)7-9/h5-8,17H,3-4H2,1-2H3,(H,13,16)/b14-9+. The number of nitrogens with zero attached hydrogens (tertiary/aromatic N) is 2. The number of carbonyl (C=O) groups is 1. The molecule has 2 N–H and O–H groups in total. The van der Waals surface area contributed by atoms with E-state index in [1.165, 1.54) is 18.3 Å². The molecule has 0 saturated carbocycles. The number of nitrogens with one attached hydrogen (secondary N) is 1. The molecule has 0 radical (unpaired) electrons. The van der Waals surface area contributed by atoms with Gasteiger partial charge in [0.15, 0.2) is 0 Å². The maximum atomic E-state index is 11.5. The fourth-order valence-electron chi connectivity index (χ4n) is 1.34. The quantitative estimate of drug-likeness (QED) is 0.644. The van der Waals surface area contributed by atoms with Gasteiger partial charge in [-0.3, -0.25) is 0 Å². The Labute approximate surface area is 105 Å². The second-order valence-electron chi connectivity index (χ2n) is 3.63. The SMILES string of the molecule is CCC(CC)NC(=O)/N=c1\ccn(O)c(Cl)c1. The molecule has 1 aromatic heterocycles. The van der Waals surface area contributed by atoms with Crippen molar-refractivity contribution in [2.45, 2.75) is 32.7 Å². The molecule has 1 aromatic rings. The summed E-state index contributed by atoms with van der Waals surface area (Å²) in [7, 11) is 0. The highest BCUT2D eigenvalue weighted by atomic mass is 35.5. The van der Waals surface area contributed by atoms with Crippen LogP contribution in [0.4, 0.5) is 4.79 Å². The first kappa shape index (κ1) is 13.6. The topological polar surface area (TPSA) is 66.6 Å². The van der Waals surface area contributed by atoms with Crippen LogP contribution >= 0.6 is 11.6 Å². The van der Waals surface area contributed by atoms with E-state index in [4.69, 9.17) is 16.8 Å². The van der Waals surface area contributed by atoms with Crippen LogP contribution in [-0.2, 0) is 0 Å². The Hall–Kier alpha value is -1.49. The van der Waals surface area contributed by atoms with Gasteiger partial charge in [-0.15, -0.1) is 0 Å². The molecule has 5 nitrogen and oxygen atoms in total. The molecule has 2 amide bonds. The number of halogens is 1. The molecular weight excluding hydrogens is 242 g/mol. The van der Waals surface area contributed by atoms with Gasteiger partial charge in [0.05, 0.1) is 5.36 Å². The minimum Gasteiger partial charge on any atom is -0.428 e. The highest BCUT2D eigenvalue weighted by Gasteiger charge is 2.06. The molecule has 0 fully saturated rings. The molecule has 17 heavy (non-hydrogen) atoms. The Morgan fingerprint density at radius 3 is 2.76 bits per heavy atom. The summed E-state index contributed by atoms with van der Waals surface area (Å²) in [5.41, 5.74) is 0. The highest BCUT2D eigenvalue weighted by molar-refractivity contribution is 6.29. The van der Waals surface area contributed by atoms with Crippen LogP contribution in [0.2, 0.25) is 5.15 Å². The van der Waals surface area contributed by atoms with Crippen molar-refractivity contribution >= 4 is 17.6 Å².